The van der Waals surface area contributed by atoms with Gasteiger partial charge in [-0.1, -0.05) is 49.1 Å². The molecular formula is C28H37FN4O2. The lowest BCUT2D eigenvalue weighted by molar-refractivity contribution is 0.0702. The molecule has 0 atom stereocenters. The average Bonchev–Trinajstić information content (AvgIpc) is 2.88. The lowest BCUT2D eigenvalue weighted by atomic mass is 9.96. The van der Waals surface area contributed by atoms with Crippen LogP contribution in [0.2, 0.25) is 0 Å². The largest absolute Gasteiger partial charge is 0.335 e. The molecule has 1 heterocycles. The number of carbonyl (C=O) groups excluding carboxylic acids is 2. The van der Waals surface area contributed by atoms with Gasteiger partial charge in [0.05, 0.1) is 0 Å². The van der Waals surface area contributed by atoms with Crippen LogP contribution in [0, 0.1) is 12.7 Å². The second-order valence-electron chi connectivity index (χ2n) is 9.83. The first-order valence-corrected chi connectivity index (χ1v) is 12.9. The molecule has 0 radical (unpaired) electrons. The molecule has 188 valence electrons. The minimum absolute atomic E-state index is 0.0279. The van der Waals surface area contributed by atoms with Crippen LogP contribution in [-0.2, 0) is 6.54 Å². The van der Waals surface area contributed by atoms with Crippen LogP contribution in [0.1, 0.15) is 53.6 Å². The summed E-state index contributed by atoms with van der Waals surface area (Å²) in [7, 11) is 0. The van der Waals surface area contributed by atoms with Crippen molar-refractivity contribution in [2.75, 3.05) is 39.3 Å². The van der Waals surface area contributed by atoms with Gasteiger partial charge in [-0.05, 0) is 49.6 Å². The van der Waals surface area contributed by atoms with E-state index in [4.69, 9.17) is 0 Å². The summed E-state index contributed by atoms with van der Waals surface area (Å²) in [5.74, 6) is -0.310. The first-order chi connectivity index (χ1) is 17.0. The fourth-order valence-corrected chi connectivity index (χ4v) is 4.89. The number of halogens is 1. The highest BCUT2D eigenvalue weighted by Crippen LogP contribution is 2.18. The summed E-state index contributed by atoms with van der Waals surface area (Å²) in [6, 6.07) is 14.3. The zero-order chi connectivity index (χ0) is 24.6. The summed E-state index contributed by atoms with van der Waals surface area (Å²) in [4.78, 5) is 32.0. The van der Waals surface area contributed by atoms with Crippen LogP contribution in [0.3, 0.4) is 0 Å². The molecule has 0 unspecified atom stereocenters. The van der Waals surface area contributed by atoms with Gasteiger partial charge in [0, 0.05) is 57.4 Å². The molecule has 0 spiro atoms. The van der Waals surface area contributed by atoms with E-state index in [2.05, 4.69) is 10.2 Å². The first kappa shape index (κ1) is 25.2. The molecule has 7 heteroatoms. The molecule has 2 aromatic rings. The van der Waals surface area contributed by atoms with Gasteiger partial charge in [-0.25, -0.2) is 9.18 Å². The molecule has 1 N–H and O–H groups in total. The maximum atomic E-state index is 13.4. The van der Waals surface area contributed by atoms with E-state index in [1.807, 2.05) is 41.0 Å². The minimum atomic E-state index is -0.282. The van der Waals surface area contributed by atoms with Crippen LogP contribution < -0.4 is 5.32 Å². The van der Waals surface area contributed by atoms with Gasteiger partial charge in [-0.2, -0.15) is 0 Å². The standard InChI is InChI=1S/C28H37FN4O2/c1-22-7-11-24(12-8-22)27(34)33(21-23-9-13-25(29)14-10-23)20-17-31-15-18-32(19-16-31)28(35)30-26-5-3-2-4-6-26/h7-14,26H,2-6,15-21H2,1H3,(H,30,35). The number of carbonyl (C=O) groups is 2. The molecule has 4 rings (SSSR count). The number of aryl methyl sites for hydroxylation is 1. The number of hydrogen-bond acceptors (Lipinski definition) is 3. The molecule has 2 fully saturated rings. The lowest BCUT2D eigenvalue weighted by Crippen LogP contribution is -2.54. The third-order valence-corrected chi connectivity index (χ3v) is 7.15. The van der Waals surface area contributed by atoms with E-state index >= 15 is 0 Å². The van der Waals surface area contributed by atoms with Crippen molar-refractivity contribution < 1.29 is 14.0 Å². The van der Waals surface area contributed by atoms with Crippen molar-refractivity contribution >= 4 is 11.9 Å². The molecule has 1 saturated heterocycles. The van der Waals surface area contributed by atoms with Crippen molar-refractivity contribution in [3.05, 3.63) is 71.0 Å². The molecule has 0 bridgehead atoms. The summed E-state index contributed by atoms with van der Waals surface area (Å²) in [6.45, 7) is 6.71. The van der Waals surface area contributed by atoms with Crippen molar-refractivity contribution in [2.24, 2.45) is 0 Å². The van der Waals surface area contributed by atoms with E-state index in [0.717, 1.165) is 43.6 Å². The fourth-order valence-electron chi connectivity index (χ4n) is 4.89. The SMILES string of the molecule is Cc1ccc(C(=O)N(CCN2CCN(C(=O)NC3CCCCC3)CC2)Cc2ccc(F)cc2)cc1. The molecule has 0 aromatic heterocycles. The molecule has 1 aliphatic heterocycles. The van der Waals surface area contributed by atoms with Crippen LogP contribution in [0.15, 0.2) is 48.5 Å². The zero-order valence-electron chi connectivity index (χ0n) is 20.7. The Bertz CT molecular complexity index is 965. The Kier molecular flexibility index (Phi) is 8.74. The average molecular weight is 481 g/mol. The first-order valence-electron chi connectivity index (χ1n) is 12.9. The van der Waals surface area contributed by atoms with E-state index in [1.165, 1.54) is 31.4 Å². The number of nitrogens with zero attached hydrogens (tertiary/aromatic N) is 3. The van der Waals surface area contributed by atoms with E-state index in [0.29, 0.717) is 37.8 Å². The monoisotopic (exact) mass is 480 g/mol. The van der Waals surface area contributed by atoms with Gasteiger partial charge in [0.2, 0.25) is 0 Å². The zero-order valence-corrected chi connectivity index (χ0v) is 20.7. The Labute approximate surface area is 208 Å². The number of hydrogen-bond donors (Lipinski definition) is 1. The van der Waals surface area contributed by atoms with Crippen LogP contribution in [-0.4, -0.2) is 71.9 Å². The van der Waals surface area contributed by atoms with Crippen LogP contribution >= 0.6 is 0 Å². The molecule has 3 amide bonds. The van der Waals surface area contributed by atoms with Crippen molar-refractivity contribution in [1.29, 1.82) is 0 Å². The molecular weight excluding hydrogens is 443 g/mol. The van der Waals surface area contributed by atoms with Gasteiger partial charge in [-0.3, -0.25) is 9.69 Å². The van der Waals surface area contributed by atoms with Gasteiger partial charge in [0.15, 0.2) is 0 Å². The van der Waals surface area contributed by atoms with Crippen LogP contribution in [0.4, 0.5) is 9.18 Å². The van der Waals surface area contributed by atoms with Crippen molar-refractivity contribution in [3.63, 3.8) is 0 Å². The number of amides is 3. The maximum Gasteiger partial charge on any atom is 0.317 e. The molecule has 1 aliphatic carbocycles. The number of rotatable bonds is 7. The summed E-state index contributed by atoms with van der Waals surface area (Å²) in [5, 5.41) is 3.21. The van der Waals surface area contributed by atoms with Gasteiger partial charge >= 0.3 is 6.03 Å². The topological polar surface area (TPSA) is 55.9 Å². The fraction of sp³-hybridized carbons (Fsp3) is 0.500. The van der Waals surface area contributed by atoms with Gasteiger partial charge < -0.3 is 15.1 Å². The highest BCUT2D eigenvalue weighted by molar-refractivity contribution is 5.94. The smallest absolute Gasteiger partial charge is 0.317 e. The Morgan fingerprint density at radius 3 is 2.26 bits per heavy atom. The quantitative estimate of drug-likeness (QED) is 0.638. The van der Waals surface area contributed by atoms with E-state index in [-0.39, 0.29) is 17.8 Å². The minimum Gasteiger partial charge on any atom is -0.335 e. The molecule has 35 heavy (non-hydrogen) atoms. The third kappa shape index (κ3) is 7.28. The molecule has 1 saturated carbocycles. The normalized spacial score (nSPS) is 17.3. The summed E-state index contributed by atoms with van der Waals surface area (Å²) in [5.41, 5.74) is 2.66. The molecule has 2 aromatic carbocycles. The Hall–Kier alpha value is -2.93. The predicted molar refractivity (Wildman–Crippen MR) is 136 cm³/mol. The predicted octanol–water partition coefficient (Wildman–Crippen LogP) is 4.44. The van der Waals surface area contributed by atoms with Crippen molar-refractivity contribution in [1.82, 2.24) is 20.0 Å². The second kappa shape index (κ2) is 12.2. The number of urea groups is 1. The maximum absolute atomic E-state index is 13.4. The summed E-state index contributed by atoms with van der Waals surface area (Å²) >= 11 is 0. The van der Waals surface area contributed by atoms with E-state index < -0.39 is 0 Å². The van der Waals surface area contributed by atoms with Crippen molar-refractivity contribution in [2.45, 2.75) is 51.6 Å². The third-order valence-electron chi connectivity index (χ3n) is 7.15. The molecule has 6 nitrogen and oxygen atoms in total. The summed E-state index contributed by atoms with van der Waals surface area (Å²) < 4.78 is 13.4. The van der Waals surface area contributed by atoms with E-state index in [1.54, 1.807) is 12.1 Å². The molecule has 2 aliphatic rings. The highest BCUT2D eigenvalue weighted by atomic mass is 19.1. The Morgan fingerprint density at radius 1 is 0.943 bits per heavy atom. The number of nitrogens with one attached hydrogen (secondary N) is 1. The van der Waals surface area contributed by atoms with Gasteiger partial charge in [0.1, 0.15) is 5.82 Å². The number of piperazine rings is 1. The van der Waals surface area contributed by atoms with Crippen LogP contribution in [0.25, 0.3) is 0 Å². The summed E-state index contributed by atoms with van der Waals surface area (Å²) in [6.07, 6.45) is 5.85. The second-order valence-corrected chi connectivity index (χ2v) is 9.83. The number of benzene rings is 2. The lowest BCUT2D eigenvalue weighted by Gasteiger charge is -2.37. The van der Waals surface area contributed by atoms with E-state index in [9.17, 15) is 14.0 Å². The van der Waals surface area contributed by atoms with Crippen molar-refractivity contribution in [3.8, 4) is 0 Å². The Balaban J connectivity index is 1.31. The van der Waals surface area contributed by atoms with Crippen LogP contribution in [0.5, 0.6) is 0 Å². The Morgan fingerprint density at radius 2 is 1.60 bits per heavy atom. The van der Waals surface area contributed by atoms with Gasteiger partial charge in [-0.15, -0.1) is 0 Å². The highest BCUT2D eigenvalue weighted by Gasteiger charge is 2.25. The van der Waals surface area contributed by atoms with Gasteiger partial charge in [0.25, 0.3) is 5.91 Å².